The van der Waals surface area contributed by atoms with Crippen molar-refractivity contribution >= 4 is 18.4 Å². The van der Waals surface area contributed by atoms with Crippen molar-refractivity contribution in [2.75, 3.05) is 40.1 Å². The van der Waals surface area contributed by atoms with Gasteiger partial charge in [-0.2, -0.15) is 0 Å². The van der Waals surface area contributed by atoms with Gasteiger partial charge < -0.3 is 28.4 Å². The Bertz CT molecular complexity index is 1540. The van der Waals surface area contributed by atoms with Crippen LogP contribution in [0.4, 0.5) is 4.39 Å². The molecule has 0 fully saturated rings. The van der Waals surface area contributed by atoms with Gasteiger partial charge in [0.2, 0.25) is 0 Å². The SMILES string of the molecule is C=C(COC)C(=O)OCCCCCCOc1ccc(C(=O)OC2=CC=C(C3=CC=C(C4=CC=C(OCCCOC=O)CC4)CC3)CC2)cc1.C=CF. The second-order valence-electron chi connectivity index (χ2n) is 12.2. The van der Waals surface area contributed by atoms with E-state index in [1.54, 1.807) is 24.3 Å². The Morgan fingerprint density at radius 2 is 1.25 bits per heavy atom. The van der Waals surface area contributed by atoms with Gasteiger partial charge >= 0.3 is 11.9 Å². The highest BCUT2D eigenvalue weighted by Gasteiger charge is 2.19. The highest BCUT2D eigenvalue weighted by atomic mass is 19.1. The number of benzene rings is 1. The molecule has 1 aromatic carbocycles. The molecule has 0 saturated heterocycles. The first-order valence-electron chi connectivity index (χ1n) is 17.8. The quantitative estimate of drug-likeness (QED) is 0.0405. The zero-order valence-electron chi connectivity index (χ0n) is 30.2. The van der Waals surface area contributed by atoms with Gasteiger partial charge in [-0.25, -0.2) is 14.0 Å². The summed E-state index contributed by atoms with van der Waals surface area (Å²) in [5.41, 5.74) is 6.15. The fourth-order valence-electron chi connectivity index (χ4n) is 5.66. The van der Waals surface area contributed by atoms with E-state index in [2.05, 4.69) is 43.5 Å². The topological polar surface area (TPSA) is 107 Å². The maximum atomic E-state index is 12.8. The summed E-state index contributed by atoms with van der Waals surface area (Å²) in [4.78, 5) is 34.7. The molecule has 0 N–H and O–H groups in total. The minimum Gasteiger partial charge on any atom is -0.498 e. The van der Waals surface area contributed by atoms with E-state index in [9.17, 15) is 18.8 Å². The molecule has 52 heavy (non-hydrogen) atoms. The van der Waals surface area contributed by atoms with Gasteiger partial charge in [-0.3, -0.25) is 4.79 Å². The van der Waals surface area contributed by atoms with Gasteiger partial charge in [-0.1, -0.05) is 37.5 Å². The Balaban J connectivity index is 0.00000235. The average Bonchev–Trinajstić information content (AvgIpc) is 3.17. The monoisotopic (exact) mass is 718 g/mol. The predicted octanol–water partition coefficient (Wildman–Crippen LogP) is 9.06. The zero-order valence-corrected chi connectivity index (χ0v) is 30.2. The van der Waals surface area contributed by atoms with Gasteiger partial charge in [0, 0.05) is 26.4 Å². The van der Waals surface area contributed by atoms with Crippen LogP contribution in [0.3, 0.4) is 0 Å². The molecular formula is C42H51FO9. The van der Waals surface area contributed by atoms with Gasteiger partial charge in [-0.15, -0.1) is 0 Å². The van der Waals surface area contributed by atoms with Crippen molar-refractivity contribution in [1.29, 1.82) is 0 Å². The number of ether oxygens (including phenoxy) is 6. The van der Waals surface area contributed by atoms with E-state index in [1.165, 1.54) is 29.4 Å². The molecule has 0 unspecified atom stereocenters. The van der Waals surface area contributed by atoms with Crippen molar-refractivity contribution in [2.45, 2.75) is 70.6 Å². The lowest BCUT2D eigenvalue weighted by atomic mass is 9.85. The summed E-state index contributed by atoms with van der Waals surface area (Å²) >= 11 is 0. The van der Waals surface area contributed by atoms with Crippen molar-refractivity contribution in [3.05, 3.63) is 125 Å². The molecule has 0 atom stereocenters. The van der Waals surface area contributed by atoms with E-state index in [-0.39, 0.29) is 18.9 Å². The molecule has 0 amide bonds. The Morgan fingerprint density at radius 3 is 1.79 bits per heavy atom. The average molecular weight is 719 g/mol. The van der Waals surface area contributed by atoms with Crippen molar-refractivity contribution in [1.82, 2.24) is 0 Å². The van der Waals surface area contributed by atoms with Gasteiger partial charge in [-0.05, 0) is 110 Å². The third kappa shape index (κ3) is 15.1. The number of carbonyl (C=O) groups is 3. The van der Waals surface area contributed by atoms with E-state index in [0.29, 0.717) is 68.4 Å². The number of hydrogen-bond donors (Lipinski definition) is 0. The van der Waals surface area contributed by atoms with Crippen LogP contribution >= 0.6 is 0 Å². The summed E-state index contributed by atoms with van der Waals surface area (Å²) in [5, 5.41) is 0. The van der Waals surface area contributed by atoms with Crippen LogP contribution in [-0.2, 0) is 33.3 Å². The fourth-order valence-corrected chi connectivity index (χ4v) is 5.66. The van der Waals surface area contributed by atoms with E-state index >= 15 is 0 Å². The molecule has 3 aliphatic carbocycles. The molecule has 0 aromatic heterocycles. The lowest BCUT2D eigenvalue weighted by molar-refractivity contribution is -0.139. The lowest BCUT2D eigenvalue weighted by Gasteiger charge is -2.23. The van der Waals surface area contributed by atoms with Crippen LogP contribution in [0.15, 0.2) is 120 Å². The van der Waals surface area contributed by atoms with Crippen LogP contribution in [-0.4, -0.2) is 58.6 Å². The molecule has 280 valence electrons. The first-order valence-corrected chi connectivity index (χ1v) is 17.8. The lowest BCUT2D eigenvalue weighted by Crippen LogP contribution is -2.11. The Hall–Kier alpha value is -4.96. The first-order chi connectivity index (χ1) is 25.4. The molecule has 0 spiro atoms. The summed E-state index contributed by atoms with van der Waals surface area (Å²) in [6, 6.07) is 7.03. The highest BCUT2D eigenvalue weighted by Crippen LogP contribution is 2.35. The maximum absolute atomic E-state index is 12.8. The molecule has 0 heterocycles. The molecular weight excluding hydrogens is 667 g/mol. The smallest absolute Gasteiger partial charge is 0.343 e. The molecule has 4 rings (SSSR count). The van der Waals surface area contributed by atoms with Gasteiger partial charge in [0.05, 0.1) is 56.3 Å². The minimum atomic E-state index is -0.412. The second kappa shape index (κ2) is 24.3. The Morgan fingerprint density at radius 1 is 0.712 bits per heavy atom. The van der Waals surface area contributed by atoms with Crippen molar-refractivity contribution in [3.63, 3.8) is 0 Å². The minimum absolute atomic E-state index is 0.176. The number of allylic oxidation sites excluding steroid dienone is 12. The summed E-state index contributed by atoms with van der Waals surface area (Å²) in [6.45, 7) is 8.83. The number of halogens is 1. The molecule has 0 bridgehead atoms. The Kier molecular flexibility index (Phi) is 19.3. The number of unbranched alkanes of at least 4 members (excludes halogenated alkanes) is 3. The summed E-state index contributed by atoms with van der Waals surface area (Å²) in [7, 11) is 1.51. The van der Waals surface area contributed by atoms with Crippen molar-refractivity contribution in [3.8, 4) is 5.75 Å². The van der Waals surface area contributed by atoms with Crippen molar-refractivity contribution in [2.24, 2.45) is 0 Å². The first kappa shape index (κ1) is 41.5. The number of rotatable bonds is 21. The standard InChI is InChI=1S/C40H48O9.C2H3F/c1-30(28-44-2)39(42)48-26-6-4-3-5-25-46-37-20-16-35(17-21-37)40(43)49-38-22-14-34(15-23-38)32-10-8-31(9-11-32)33-12-18-36(19-13-33)47-27-7-24-45-29-41;1-2-3/h8,10,12,14,16-18,20-22,29H,1,3-7,9,11,13,15,19,23-28H2,2H3;2H,1H2. The van der Waals surface area contributed by atoms with Crippen LogP contribution in [0.1, 0.15) is 81.0 Å². The Labute approximate surface area is 306 Å². The molecule has 9 nitrogen and oxygen atoms in total. The summed E-state index contributed by atoms with van der Waals surface area (Å²) in [5.74, 6) is 1.56. The van der Waals surface area contributed by atoms with E-state index in [0.717, 1.165) is 63.5 Å². The van der Waals surface area contributed by atoms with Crippen LogP contribution in [0.5, 0.6) is 5.75 Å². The molecule has 1 aromatic rings. The number of methoxy groups -OCH3 is 1. The van der Waals surface area contributed by atoms with Gasteiger partial charge in [0.25, 0.3) is 6.47 Å². The highest BCUT2D eigenvalue weighted by molar-refractivity contribution is 5.90. The number of esters is 2. The maximum Gasteiger partial charge on any atom is 0.343 e. The van der Waals surface area contributed by atoms with Crippen LogP contribution in [0, 0.1) is 0 Å². The largest absolute Gasteiger partial charge is 0.498 e. The van der Waals surface area contributed by atoms with E-state index < -0.39 is 5.97 Å². The van der Waals surface area contributed by atoms with Crippen LogP contribution in [0.2, 0.25) is 0 Å². The second-order valence-corrected chi connectivity index (χ2v) is 12.2. The third-order valence-corrected chi connectivity index (χ3v) is 8.42. The third-order valence-electron chi connectivity index (χ3n) is 8.42. The normalized spacial score (nSPS) is 15.0. The number of hydrogen-bond acceptors (Lipinski definition) is 9. The molecule has 0 saturated carbocycles. The molecule has 0 aliphatic heterocycles. The van der Waals surface area contributed by atoms with E-state index in [1.807, 2.05) is 6.08 Å². The molecule has 0 radical (unpaired) electrons. The summed E-state index contributed by atoms with van der Waals surface area (Å²) < 4.78 is 42.1. The van der Waals surface area contributed by atoms with Gasteiger partial charge in [0.15, 0.2) is 0 Å². The summed E-state index contributed by atoms with van der Waals surface area (Å²) in [6.07, 6.45) is 22.5. The van der Waals surface area contributed by atoms with Crippen LogP contribution in [0.25, 0.3) is 0 Å². The predicted molar refractivity (Wildman–Crippen MR) is 198 cm³/mol. The zero-order chi connectivity index (χ0) is 37.4. The van der Waals surface area contributed by atoms with Crippen LogP contribution < -0.4 is 4.74 Å². The van der Waals surface area contributed by atoms with Crippen molar-refractivity contribution < 1.29 is 47.2 Å². The number of carbonyl (C=O) groups excluding carboxylic acids is 3. The fraction of sp³-hybridized carbons (Fsp3) is 0.405. The molecule has 10 heteroatoms. The van der Waals surface area contributed by atoms with Gasteiger partial charge in [0.1, 0.15) is 11.5 Å². The van der Waals surface area contributed by atoms with E-state index in [4.69, 9.17) is 28.4 Å². The molecule has 3 aliphatic rings.